The zero-order chi connectivity index (χ0) is 12.8. The number of methoxy groups -OCH3 is 1. The number of ether oxygens (including phenoxy) is 1. The Labute approximate surface area is 111 Å². The highest BCUT2D eigenvalue weighted by atomic mass is 32.1. The second kappa shape index (κ2) is 6.49. The highest BCUT2D eigenvalue weighted by Gasteiger charge is 2.10. The van der Waals surface area contributed by atoms with Gasteiger partial charge >= 0.3 is 0 Å². The van der Waals surface area contributed by atoms with Gasteiger partial charge in [0.1, 0.15) is 5.75 Å². The van der Waals surface area contributed by atoms with Crippen molar-refractivity contribution in [3.05, 3.63) is 46.4 Å². The van der Waals surface area contributed by atoms with Crippen LogP contribution in [-0.4, -0.2) is 18.1 Å². The number of rotatable bonds is 6. The Morgan fingerprint density at radius 2 is 2.33 bits per heavy atom. The summed E-state index contributed by atoms with van der Waals surface area (Å²) in [6, 6.07) is 8.23. The summed E-state index contributed by atoms with van der Waals surface area (Å²) in [5.41, 5.74) is 4.05. The van der Waals surface area contributed by atoms with Gasteiger partial charge in [-0.3, -0.25) is 11.3 Å². The van der Waals surface area contributed by atoms with E-state index in [-0.39, 0.29) is 6.04 Å². The van der Waals surface area contributed by atoms with Crippen molar-refractivity contribution in [3.8, 4) is 5.75 Å². The van der Waals surface area contributed by atoms with Crippen molar-refractivity contribution < 1.29 is 4.74 Å². The van der Waals surface area contributed by atoms with Gasteiger partial charge in [-0.05, 0) is 24.1 Å². The predicted octanol–water partition coefficient (Wildman–Crippen LogP) is 1.77. The molecular formula is C13H17N3OS. The Hall–Kier alpha value is -1.43. The van der Waals surface area contributed by atoms with Gasteiger partial charge in [0.05, 0.1) is 12.1 Å². The van der Waals surface area contributed by atoms with Crippen LogP contribution >= 0.6 is 11.3 Å². The maximum atomic E-state index is 5.60. The first-order valence-electron chi connectivity index (χ1n) is 5.79. The monoisotopic (exact) mass is 263 g/mol. The molecule has 0 amide bonds. The zero-order valence-corrected chi connectivity index (χ0v) is 11.1. The van der Waals surface area contributed by atoms with E-state index in [9.17, 15) is 0 Å². The quantitative estimate of drug-likeness (QED) is 0.616. The van der Waals surface area contributed by atoms with Gasteiger partial charge in [0.25, 0.3) is 0 Å². The average molecular weight is 263 g/mol. The smallest absolute Gasteiger partial charge is 0.119 e. The Morgan fingerprint density at radius 1 is 1.44 bits per heavy atom. The molecule has 2 rings (SSSR count). The Bertz CT molecular complexity index is 473. The molecule has 2 aromatic rings. The van der Waals surface area contributed by atoms with Crippen LogP contribution in [0.5, 0.6) is 5.75 Å². The molecule has 4 nitrogen and oxygen atoms in total. The first-order valence-corrected chi connectivity index (χ1v) is 6.67. The highest BCUT2D eigenvalue weighted by molar-refractivity contribution is 7.09. The fraction of sp³-hybridized carbons (Fsp3) is 0.308. The van der Waals surface area contributed by atoms with Gasteiger partial charge in [-0.2, -0.15) is 0 Å². The van der Waals surface area contributed by atoms with E-state index in [2.05, 4.69) is 16.5 Å². The number of aromatic nitrogens is 1. The molecule has 18 heavy (non-hydrogen) atoms. The molecule has 1 atom stereocenters. The Balaban J connectivity index is 2.00. The summed E-state index contributed by atoms with van der Waals surface area (Å²) in [4.78, 5) is 4.28. The fourth-order valence-corrected chi connectivity index (χ4v) is 2.54. The molecule has 0 aliphatic heterocycles. The van der Waals surface area contributed by atoms with E-state index >= 15 is 0 Å². The van der Waals surface area contributed by atoms with Crippen LogP contribution < -0.4 is 16.0 Å². The van der Waals surface area contributed by atoms with Crippen LogP contribution in [0.25, 0.3) is 0 Å². The zero-order valence-electron chi connectivity index (χ0n) is 10.3. The molecule has 1 heterocycles. The molecular weight excluding hydrogens is 246 g/mol. The van der Waals surface area contributed by atoms with Crippen molar-refractivity contribution in [2.24, 2.45) is 5.84 Å². The molecule has 1 aromatic heterocycles. The minimum atomic E-state index is 0.184. The number of benzene rings is 1. The summed E-state index contributed by atoms with van der Waals surface area (Å²) in [5.74, 6) is 6.48. The second-order valence-corrected chi connectivity index (χ2v) is 5.03. The Morgan fingerprint density at radius 3 is 3.00 bits per heavy atom. The summed E-state index contributed by atoms with van der Waals surface area (Å²) in [7, 11) is 1.67. The third-order valence-corrected chi connectivity index (χ3v) is 3.56. The van der Waals surface area contributed by atoms with Crippen LogP contribution in [0.3, 0.4) is 0 Å². The lowest BCUT2D eigenvalue weighted by Crippen LogP contribution is -2.38. The van der Waals surface area contributed by atoms with Crippen LogP contribution in [0.15, 0.2) is 35.8 Å². The molecule has 3 N–H and O–H groups in total. The molecule has 96 valence electrons. The minimum absolute atomic E-state index is 0.184. The molecule has 0 spiro atoms. The number of nitrogens with two attached hydrogens (primary N) is 1. The van der Waals surface area contributed by atoms with E-state index in [1.54, 1.807) is 18.4 Å². The molecule has 0 aliphatic carbocycles. The van der Waals surface area contributed by atoms with Gasteiger partial charge in [0.15, 0.2) is 0 Å². The SMILES string of the molecule is COc1cccc(CC(Cc2nccs2)NN)c1. The highest BCUT2D eigenvalue weighted by Crippen LogP contribution is 2.15. The number of nitrogens with zero attached hydrogens (tertiary/aromatic N) is 1. The minimum Gasteiger partial charge on any atom is -0.497 e. The summed E-state index contributed by atoms with van der Waals surface area (Å²) < 4.78 is 5.21. The second-order valence-electron chi connectivity index (χ2n) is 4.05. The largest absolute Gasteiger partial charge is 0.497 e. The van der Waals surface area contributed by atoms with Crippen LogP contribution in [0.1, 0.15) is 10.6 Å². The first kappa shape index (κ1) is 13.0. The van der Waals surface area contributed by atoms with Crippen LogP contribution in [0.4, 0.5) is 0 Å². The first-order chi connectivity index (χ1) is 8.81. The van der Waals surface area contributed by atoms with Gasteiger partial charge in [-0.1, -0.05) is 12.1 Å². The number of hydrogen-bond donors (Lipinski definition) is 2. The van der Waals surface area contributed by atoms with Gasteiger partial charge in [0, 0.05) is 24.0 Å². The summed E-state index contributed by atoms with van der Waals surface area (Å²) in [6.07, 6.45) is 3.51. The van der Waals surface area contributed by atoms with E-state index in [1.807, 2.05) is 29.8 Å². The molecule has 0 fully saturated rings. The average Bonchev–Trinajstić information content (AvgIpc) is 2.91. The van der Waals surface area contributed by atoms with E-state index in [1.165, 1.54) is 5.56 Å². The van der Waals surface area contributed by atoms with Crippen molar-refractivity contribution in [1.29, 1.82) is 0 Å². The van der Waals surface area contributed by atoms with Crippen molar-refractivity contribution in [2.75, 3.05) is 7.11 Å². The number of hydrogen-bond acceptors (Lipinski definition) is 5. The molecule has 0 aliphatic rings. The van der Waals surface area contributed by atoms with Crippen LogP contribution in [0, 0.1) is 0 Å². The third-order valence-electron chi connectivity index (χ3n) is 2.76. The van der Waals surface area contributed by atoms with E-state index in [0.29, 0.717) is 0 Å². The molecule has 0 bridgehead atoms. The molecule has 0 saturated carbocycles. The number of nitrogens with one attached hydrogen (secondary N) is 1. The van der Waals surface area contributed by atoms with Gasteiger partial charge in [-0.15, -0.1) is 11.3 Å². The molecule has 5 heteroatoms. The number of thiazole rings is 1. The summed E-state index contributed by atoms with van der Waals surface area (Å²) in [6.45, 7) is 0. The maximum absolute atomic E-state index is 5.60. The number of hydrazine groups is 1. The van der Waals surface area contributed by atoms with Crippen molar-refractivity contribution >= 4 is 11.3 Å². The van der Waals surface area contributed by atoms with E-state index < -0.39 is 0 Å². The van der Waals surface area contributed by atoms with E-state index in [0.717, 1.165) is 23.6 Å². The van der Waals surface area contributed by atoms with Crippen LogP contribution in [0.2, 0.25) is 0 Å². The summed E-state index contributed by atoms with van der Waals surface area (Å²) >= 11 is 1.65. The molecule has 1 unspecified atom stereocenters. The third kappa shape index (κ3) is 3.53. The lowest BCUT2D eigenvalue weighted by molar-refractivity contribution is 0.413. The normalized spacial score (nSPS) is 12.3. The maximum Gasteiger partial charge on any atom is 0.119 e. The van der Waals surface area contributed by atoms with Crippen molar-refractivity contribution in [2.45, 2.75) is 18.9 Å². The lowest BCUT2D eigenvalue weighted by atomic mass is 10.0. The van der Waals surface area contributed by atoms with Gasteiger partial charge in [0.2, 0.25) is 0 Å². The fourth-order valence-electron chi connectivity index (χ4n) is 1.84. The van der Waals surface area contributed by atoms with Crippen molar-refractivity contribution in [3.63, 3.8) is 0 Å². The Kier molecular flexibility index (Phi) is 4.69. The van der Waals surface area contributed by atoms with Crippen LogP contribution in [-0.2, 0) is 12.8 Å². The molecule has 0 saturated heterocycles. The summed E-state index contributed by atoms with van der Waals surface area (Å²) in [5, 5.41) is 3.08. The van der Waals surface area contributed by atoms with Gasteiger partial charge in [-0.25, -0.2) is 4.98 Å². The van der Waals surface area contributed by atoms with E-state index in [4.69, 9.17) is 10.6 Å². The molecule has 1 aromatic carbocycles. The van der Waals surface area contributed by atoms with Crippen molar-refractivity contribution in [1.82, 2.24) is 10.4 Å². The standard InChI is InChI=1S/C13H17N3OS/c1-17-12-4-2-3-10(8-12)7-11(16-14)9-13-15-5-6-18-13/h2-6,8,11,16H,7,9,14H2,1H3. The van der Waals surface area contributed by atoms with Gasteiger partial charge < -0.3 is 4.74 Å². The lowest BCUT2D eigenvalue weighted by Gasteiger charge is -2.15. The topological polar surface area (TPSA) is 60.2 Å². The molecule has 0 radical (unpaired) electrons. The predicted molar refractivity (Wildman–Crippen MR) is 73.6 cm³/mol.